The van der Waals surface area contributed by atoms with Crippen LogP contribution in [0.1, 0.15) is 32.1 Å². The summed E-state index contributed by atoms with van der Waals surface area (Å²) in [6.45, 7) is 3.71. The van der Waals surface area contributed by atoms with Crippen molar-refractivity contribution < 1.29 is 14.3 Å². The van der Waals surface area contributed by atoms with Crippen molar-refractivity contribution in [2.24, 2.45) is 5.92 Å². The zero-order valence-corrected chi connectivity index (χ0v) is 11.0. The zero-order chi connectivity index (χ0) is 12.4. The van der Waals surface area contributed by atoms with E-state index in [1.54, 1.807) is 0 Å². The third-order valence-electron chi connectivity index (χ3n) is 4.59. The number of ether oxygens (including phenoxy) is 2. The highest BCUT2D eigenvalue weighted by Crippen LogP contribution is 2.28. The van der Waals surface area contributed by atoms with Gasteiger partial charge in [0.05, 0.1) is 25.9 Å². The molecule has 3 unspecified atom stereocenters. The predicted octanol–water partition coefficient (Wildman–Crippen LogP) is 1.24. The number of fused-ring (bicyclic) bond motifs is 1. The first-order valence-corrected chi connectivity index (χ1v) is 7.31. The number of morpholine rings is 1. The monoisotopic (exact) mass is 253 g/mol. The van der Waals surface area contributed by atoms with Gasteiger partial charge in [-0.25, -0.2) is 0 Å². The van der Waals surface area contributed by atoms with Crippen molar-refractivity contribution in [3.05, 3.63) is 0 Å². The van der Waals surface area contributed by atoms with E-state index in [-0.39, 0.29) is 5.92 Å². The number of Topliss-reactive ketones (excluding diaryl/α,β-unsaturated/α-hetero) is 1. The summed E-state index contributed by atoms with van der Waals surface area (Å²) < 4.78 is 11.2. The molecule has 102 valence electrons. The molecule has 0 bridgehead atoms. The van der Waals surface area contributed by atoms with Crippen LogP contribution in [0.15, 0.2) is 0 Å². The van der Waals surface area contributed by atoms with E-state index in [0.29, 0.717) is 31.1 Å². The smallest absolute Gasteiger partial charge is 0.152 e. The van der Waals surface area contributed by atoms with Crippen molar-refractivity contribution in [3.8, 4) is 0 Å². The molecular weight excluding hydrogens is 230 g/mol. The van der Waals surface area contributed by atoms with E-state index in [1.165, 1.54) is 25.7 Å². The Balaban J connectivity index is 1.58. The Labute approximate surface area is 109 Å². The third kappa shape index (κ3) is 2.60. The second kappa shape index (κ2) is 5.68. The van der Waals surface area contributed by atoms with Gasteiger partial charge in [0.15, 0.2) is 5.78 Å². The van der Waals surface area contributed by atoms with E-state index in [9.17, 15) is 4.79 Å². The average molecular weight is 253 g/mol. The van der Waals surface area contributed by atoms with E-state index < -0.39 is 0 Å². The maximum atomic E-state index is 12.2. The first-order chi connectivity index (χ1) is 8.84. The summed E-state index contributed by atoms with van der Waals surface area (Å²) in [5.41, 5.74) is 0. The van der Waals surface area contributed by atoms with Gasteiger partial charge >= 0.3 is 0 Å². The van der Waals surface area contributed by atoms with Gasteiger partial charge in [-0.2, -0.15) is 0 Å². The topological polar surface area (TPSA) is 38.8 Å². The van der Waals surface area contributed by atoms with Crippen molar-refractivity contribution in [1.82, 2.24) is 4.90 Å². The number of hydrogen-bond donors (Lipinski definition) is 0. The fourth-order valence-electron chi connectivity index (χ4n) is 3.49. The lowest BCUT2D eigenvalue weighted by atomic mass is 9.89. The SMILES string of the molecule is O=C(CN1CCOC2CCCCC21)C1CCOC1. The highest BCUT2D eigenvalue weighted by Gasteiger charge is 2.36. The summed E-state index contributed by atoms with van der Waals surface area (Å²) in [7, 11) is 0. The van der Waals surface area contributed by atoms with Crippen molar-refractivity contribution in [3.63, 3.8) is 0 Å². The van der Waals surface area contributed by atoms with Gasteiger partial charge < -0.3 is 9.47 Å². The molecule has 0 aromatic carbocycles. The van der Waals surface area contributed by atoms with Crippen molar-refractivity contribution >= 4 is 5.78 Å². The molecule has 0 spiro atoms. The lowest BCUT2D eigenvalue weighted by Gasteiger charge is -2.43. The highest BCUT2D eigenvalue weighted by molar-refractivity contribution is 5.83. The molecule has 0 radical (unpaired) electrons. The zero-order valence-electron chi connectivity index (χ0n) is 11.0. The summed E-state index contributed by atoms with van der Waals surface area (Å²) in [4.78, 5) is 14.6. The van der Waals surface area contributed by atoms with Crippen LogP contribution in [0, 0.1) is 5.92 Å². The molecule has 3 atom stereocenters. The molecule has 0 aromatic heterocycles. The van der Waals surface area contributed by atoms with Gasteiger partial charge in [-0.15, -0.1) is 0 Å². The van der Waals surface area contributed by atoms with Crippen LogP contribution in [0.25, 0.3) is 0 Å². The largest absolute Gasteiger partial charge is 0.381 e. The number of nitrogens with zero attached hydrogens (tertiary/aromatic N) is 1. The van der Waals surface area contributed by atoms with Gasteiger partial charge in [0.1, 0.15) is 0 Å². The first-order valence-electron chi connectivity index (χ1n) is 7.31. The number of ketones is 1. The van der Waals surface area contributed by atoms with Crippen LogP contribution in [0.3, 0.4) is 0 Å². The predicted molar refractivity (Wildman–Crippen MR) is 67.5 cm³/mol. The lowest BCUT2D eigenvalue weighted by Crippen LogP contribution is -2.54. The molecule has 2 saturated heterocycles. The molecule has 4 heteroatoms. The van der Waals surface area contributed by atoms with Gasteiger partial charge in [-0.3, -0.25) is 9.69 Å². The van der Waals surface area contributed by atoms with Crippen molar-refractivity contribution in [2.75, 3.05) is 32.9 Å². The Morgan fingerprint density at radius 1 is 1.17 bits per heavy atom. The molecule has 1 aliphatic carbocycles. The number of carbonyl (C=O) groups excluding carboxylic acids is 1. The van der Waals surface area contributed by atoms with Crippen LogP contribution in [0.4, 0.5) is 0 Å². The number of hydrogen-bond acceptors (Lipinski definition) is 4. The van der Waals surface area contributed by atoms with E-state index in [4.69, 9.17) is 9.47 Å². The molecule has 3 fully saturated rings. The average Bonchev–Trinajstić information content (AvgIpc) is 2.93. The highest BCUT2D eigenvalue weighted by atomic mass is 16.5. The summed E-state index contributed by atoms with van der Waals surface area (Å²) in [5, 5.41) is 0. The first kappa shape index (κ1) is 12.6. The Morgan fingerprint density at radius 2 is 2.06 bits per heavy atom. The molecular formula is C14H23NO3. The minimum Gasteiger partial charge on any atom is -0.381 e. The Morgan fingerprint density at radius 3 is 2.89 bits per heavy atom. The summed E-state index contributed by atoms with van der Waals surface area (Å²) in [6, 6.07) is 0.485. The Kier molecular flexibility index (Phi) is 3.97. The molecule has 18 heavy (non-hydrogen) atoms. The van der Waals surface area contributed by atoms with E-state index in [0.717, 1.165) is 26.2 Å². The third-order valence-corrected chi connectivity index (χ3v) is 4.59. The molecule has 0 N–H and O–H groups in total. The van der Waals surface area contributed by atoms with Crippen LogP contribution >= 0.6 is 0 Å². The maximum Gasteiger partial charge on any atom is 0.152 e. The summed E-state index contributed by atoms with van der Waals surface area (Å²) in [6.07, 6.45) is 6.21. The van der Waals surface area contributed by atoms with Crippen LogP contribution in [-0.4, -0.2) is 55.7 Å². The standard InChI is InChI=1S/C14H23NO3/c16-13(11-5-7-17-10-11)9-15-6-8-18-14-4-2-1-3-12(14)15/h11-12,14H,1-10H2. The summed E-state index contributed by atoms with van der Waals surface area (Å²) in [5.74, 6) is 0.522. The quantitative estimate of drug-likeness (QED) is 0.758. The van der Waals surface area contributed by atoms with Crippen LogP contribution < -0.4 is 0 Å². The molecule has 2 heterocycles. The van der Waals surface area contributed by atoms with E-state index in [1.807, 2.05) is 0 Å². The minimum absolute atomic E-state index is 0.148. The molecule has 2 aliphatic heterocycles. The van der Waals surface area contributed by atoms with Gasteiger partial charge in [-0.1, -0.05) is 12.8 Å². The fourth-order valence-corrected chi connectivity index (χ4v) is 3.49. The van der Waals surface area contributed by atoms with Gasteiger partial charge in [-0.05, 0) is 19.3 Å². The molecule has 3 rings (SSSR count). The second-order valence-corrected chi connectivity index (χ2v) is 5.76. The normalized spacial score (nSPS) is 37.4. The van der Waals surface area contributed by atoms with E-state index in [2.05, 4.69) is 4.90 Å². The lowest BCUT2D eigenvalue weighted by molar-refractivity contribution is -0.131. The minimum atomic E-state index is 0.148. The van der Waals surface area contributed by atoms with Gasteiger partial charge in [0, 0.05) is 25.1 Å². The molecule has 1 saturated carbocycles. The molecule has 4 nitrogen and oxygen atoms in total. The van der Waals surface area contributed by atoms with Crippen molar-refractivity contribution in [2.45, 2.75) is 44.2 Å². The van der Waals surface area contributed by atoms with Crippen LogP contribution in [-0.2, 0) is 14.3 Å². The van der Waals surface area contributed by atoms with E-state index >= 15 is 0 Å². The van der Waals surface area contributed by atoms with Gasteiger partial charge in [0.2, 0.25) is 0 Å². The fraction of sp³-hybridized carbons (Fsp3) is 0.929. The molecule has 0 amide bonds. The van der Waals surface area contributed by atoms with Crippen LogP contribution in [0.5, 0.6) is 0 Å². The molecule has 3 aliphatic rings. The van der Waals surface area contributed by atoms with Crippen LogP contribution in [0.2, 0.25) is 0 Å². The summed E-state index contributed by atoms with van der Waals surface area (Å²) >= 11 is 0. The van der Waals surface area contributed by atoms with Gasteiger partial charge in [0.25, 0.3) is 0 Å². The Bertz CT molecular complexity index is 299. The number of carbonyl (C=O) groups is 1. The second-order valence-electron chi connectivity index (χ2n) is 5.76. The number of rotatable bonds is 3. The van der Waals surface area contributed by atoms with Crippen molar-refractivity contribution in [1.29, 1.82) is 0 Å². The maximum absolute atomic E-state index is 12.2. The molecule has 0 aromatic rings. The Hall–Kier alpha value is -0.450.